The summed E-state index contributed by atoms with van der Waals surface area (Å²) in [6.45, 7) is 8.34. The van der Waals surface area contributed by atoms with E-state index in [9.17, 15) is 9.18 Å². The van der Waals surface area contributed by atoms with Gasteiger partial charge in [-0.2, -0.15) is 0 Å². The second-order valence-corrected chi connectivity index (χ2v) is 8.61. The molecule has 0 atom stereocenters. The van der Waals surface area contributed by atoms with Crippen molar-refractivity contribution in [1.82, 2.24) is 9.38 Å². The van der Waals surface area contributed by atoms with Crippen LogP contribution in [0.25, 0.3) is 16.9 Å². The predicted molar refractivity (Wildman–Crippen MR) is 125 cm³/mol. The lowest BCUT2D eigenvalue weighted by Gasteiger charge is -2.22. The Kier molecular flexibility index (Phi) is 5.57. The molecule has 2 aromatic heterocycles. The van der Waals surface area contributed by atoms with Gasteiger partial charge in [-0.1, -0.05) is 18.2 Å². The third-order valence-corrected chi connectivity index (χ3v) is 4.77. The van der Waals surface area contributed by atoms with E-state index in [4.69, 9.17) is 9.72 Å². The quantitative estimate of drug-likeness (QED) is 0.399. The maximum Gasteiger partial charge on any atom is 0.417 e. The number of aryl methyl sites for hydroxylation is 1. The molecule has 7 heteroatoms. The molecule has 0 aliphatic rings. The molecule has 0 saturated heterocycles. The van der Waals surface area contributed by atoms with Crippen LogP contribution >= 0.6 is 0 Å². The molecule has 0 bridgehead atoms. The zero-order valence-electron chi connectivity index (χ0n) is 18.4. The molecular formula is C25H25FN4O2. The van der Waals surface area contributed by atoms with Crippen molar-refractivity contribution in [3.8, 4) is 17.0 Å². The van der Waals surface area contributed by atoms with Gasteiger partial charge in [0.05, 0.1) is 0 Å². The van der Waals surface area contributed by atoms with E-state index >= 15 is 0 Å². The fraction of sp³-hybridized carbons (Fsp3) is 0.200. The third-order valence-electron chi connectivity index (χ3n) is 4.77. The Bertz CT molecular complexity index is 1260. The summed E-state index contributed by atoms with van der Waals surface area (Å²) in [7, 11) is 0. The number of pyridine rings is 1. The number of benzene rings is 2. The largest absolute Gasteiger partial charge is 0.417 e. The minimum absolute atomic E-state index is 0.153. The average Bonchev–Trinajstić information content (AvgIpc) is 3.08. The lowest BCUT2D eigenvalue weighted by Crippen LogP contribution is -2.27. The average molecular weight is 432 g/mol. The third kappa shape index (κ3) is 4.72. The van der Waals surface area contributed by atoms with Crippen molar-refractivity contribution >= 4 is 23.2 Å². The first-order valence-electron chi connectivity index (χ1n) is 10.3. The van der Waals surface area contributed by atoms with Gasteiger partial charge in [0.1, 0.15) is 28.7 Å². The van der Waals surface area contributed by atoms with Crippen LogP contribution in [0.15, 0.2) is 66.9 Å². The second-order valence-electron chi connectivity index (χ2n) is 8.61. The molecule has 6 nitrogen and oxygen atoms in total. The van der Waals surface area contributed by atoms with E-state index in [0.29, 0.717) is 5.69 Å². The molecule has 164 valence electrons. The van der Waals surface area contributed by atoms with Crippen molar-refractivity contribution in [1.29, 1.82) is 0 Å². The highest BCUT2D eigenvalue weighted by molar-refractivity contribution is 5.87. The number of rotatable bonds is 4. The number of nitrogens with one attached hydrogen (secondary N) is 2. The Morgan fingerprint density at radius 1 is 1.03 bits per heavy atom. The highest BCUT2D eigenvalue weighted by Gasteiger charge is 2.20. The Morgan fingerprint density at radius 3 is 2.38 bits per heavy atom. The van der Waals surface area contributed by atoms with Gasteiger partial charge in [0.15, 0.2) is 0 Å². The van der Waals surface area contributed by atoms with Crippen molar-refractivity contribution in [2.45, 2.75) is 33.2 Å². The number of hydrogen-bond acceptors (Lipinski definition) is 4. The number of amides is 1. The number of carbonyl (C=O) groups is 1. The second kappa shape index (κ2) is 8.34. The van der Waals surface area contributed by atoms with Crippen molar-refractivity contribution in [3.63, 3.8) is 0 Å². The number of fused-ring (bicyclic) bond motifs is 1. The fourth-order valence-electron chi connectivity index (χ4n) is 3.34. The lowest BCUT2D eigenvalue weighted by molar-refractivity contribution is 0.215. The van der Waals surface area contributed by atoms with Crippen molar-refractivity contribution in [3.05, 3.63) is 78.2 Å². The molecular weight excluding hydrogens is 407 g/mol. The molecule has 4 aromatic rings. The zero-order valence-corrected chi connectivity index (χ0v) is 18.4. The molecule has 0 aliphatic heterocycles. The molecule has 2 N–H and O–H groups in total. The van der Waals surface area contributed by atoms with Crippen molar-refractivity contribution < 1.29 is 13.9 Å². The first-order chi connectivity index (χ1) is 15.2. The Morgan fingerprint density at radius 2 is 1.72 bits per heavy atom. The van der Waals surface area contributed by atoms with Gasteiger partial charge in [-0.05, 0) is 75.7 Å². The number of aromatic nitrogens is 2. The summed E-state index contributed by atoms with van der Waals surface area (Å²) in [5, 5.41) is 6.24. The summed E-state index contributed by atoms with van der Waals surface area (Å²) in [6, 6.07) is 16.7. The van der Waals surface area contributed by atoms with E-state index in [2.05, 4.69) is 35.8 Å². The van der Waals surface area contributed by atoms with Gasteiger partial charge in [-0.15, -0.1) is 0 Å². The van der Waals surface area contributed by atoms with Gasteiger partial charge in [0.2, 0.25) is 0 Å². The summed E-state index contributed by atoms with van der Waals surface area (Å²) in [5.74, 6) is 0.780. The van der Waals surface area contributed by atoms with Crippen LogP contribution in [0.1, 0.15) is 26.3 Å². The normalized spacial score (nSPS) is 11.4. The minimum atomic E-state index is -0.650. The first kappa shape index (κ1) is 21.4. The monoisotopic (exact) mass is 432 g/mol. The maximum atomic E-state index is 13.0. The topological polar surface area (TPSA) is 67.7 Å². The highest BCUT2D eigenvalue weighted by Crippen LogP contribution is 2.32. The Hall–Kier alpha value is -3.87. The molecule has 0 spiro atoms. The maximum absolute atomic E-state index is 13.0. The number of halogens is 1. The first-order valence-corrected chi connectivity index (χ1v) is 10.3. The van der Waals surface area contributed by atoms with Crippen LogP contribution in [-0.4, -0.2) is 21.0 Å². The van der Waals surface area contributed by atoms with Crippen molar-refractivity contribution in [2.75, 3.05) is 10.6 Å². The van der Waals surface area contributed by atoms with Crippen LogP contribution in [-0.2, 0) is 0 Å². The van der Waals surface area contributed by atoms with Gasteiger partial charge in [0, 0.05) is 23.0 Å². The van der Waals surface area contributed by atoms with E-state index in [1.807, 2.05) is 37.4 Å². The summed E-state index contributed by atoms with van der Waals surface area (Å²) in [6.07, 6.45) is 1.34. The number of imidazole rings is 1. The van der Waals surface area contributed by atoms with Crippen LogP contribution in [0.2, 0.25) is 0 Å². The zero-order chi connectivity index (χ0) is 22.9. The Balaban J connectivity index is 1.58. The molecule has 2 aromatic carbocycles. The summed E-state index contributed by atoms with van der Waals surface area (Å²) in [5.41, 5.74) is 4.13. The van der Waals surface area contributed by atoms with Gasteiger partial charge in [0.25, 0.3) is 0 Å². The predicted octanol–water partition coefficient (Wildman–Crippen LogP) is 6.27. The molecule has 0 aliphatic carbocycles. The van der Waals surface area contributed by atoms with Gasteiger partial charge in [-0.25, -0.2) is 14.2 Å². The highest BCUT2D eigenvalue weighted by atomic mass is 19.1. The molecule has 0 radical (unpaired) electrons. The molecule has 0 fully saturated rings. The summed E-state index contributed by atoms with van der Waals surface area (Å²) in [4.78, 5) is 17.0. The van der Waals surface area contributed by atoms with Gasteiger partial charge in [-0.3, -0.25) is 9.72 Å². The standard InChI is InChI=1S/C25H25FN4O2/c1-16-6-5-15-30-22(16)28-21(23(30)29-25(2,3)4)17-7-11-19(12-8-17)27-24(31)32-20-13-9-18(26)10-14-20/h5-15,29H,1-4H3,(H,27,31). The van der Waals surface area contributed by atoms with E-state index < -0.39 is 11.9 Å². The number of hydrogen-bond donors (Lipinski definition) is 2. The van der Waals surface area contributed by atoms with Crippen LogP contribution < -0.4 is 15.4 Å². The van der Waals surface area contributed by atoms with Crippen LogP contribution in [0.4, 0.5) is 20.7 Å². The molecule has 1 amide bonds. The van der Waals surface area contributed by atoms with Gasteiger partial charge >= 0.3 is 6.09 Å². The molecule has 0 unspecified atom stereocenters. The van der Waals surface area contributed by atoms with E-state index in [0.717, 1.165) is 28.3 Å². The van der Waals surface area contributed by atoms with Crippen LogP contribution in [0, 0.1) is 12.7 Å². The Labute approximate surface area is 186 Å². The SMILES string of the molecule is Cc1cccn2c(NC(C)(C)C)c(-c3ccc(NC(=O)Oc4ccc(F)cc4)cc3)nc12. The molecule has 4 rings (SSSR count). The number of anilines is 2. The lowest BCUT2D eigenvalue weighted by atomic mass is 10.1. The molecule has 2 heterocycles. The fourth-order valence-corrected chi connectivity index (χ4v) is 3.34. The number of ether oxygens (including phenoxy) is 1. The molecule has 32 heavy (non-hydrogen) atoms. The van der Waals surface area contributed by atoms with E-state index in [1.165, 1.54) is 24.3 Å². The summed E-state index contributed by atoms with van der Waals surface area (Å²) >= 11 is 0. The van der Waals surface area contributed by atoms with Crippen molar-refractivity contribution in [2.24, 2.45) is 0 Å². The van der Waals surface area contributed by atoms with E-state index in [-0.39, 0.29) is 11.3 Å². The smallest absolute Gasteiger partial charge is 0.410 e. The molecule has 0 saturated carbocycles. The van der Waals surface area contributed by atoms with Crippen LogP contribution in [0.3, 0.4) is 0 Å². The van der Waals surface area contributed by atoms with E-state index in [1.54, 1.807) is 12.1 Å². The van der Waals surface area contributed by atoms with Crippen LogP contribution in [0.5, 0.6) is 5.75 Å². The number of carbonyl (C=O) groups excluding carboxylic acids is 1. The minimum Gasteiger partial charge on any atom is -0.410 e. The summed E-state index contributed by atoms with van der Waals surface area (Å²) < 4.78 is 20.2. The number of nitrogens with zero attached hydrogens (tertiary/aromatic N) is 2. The van der Waals surface area contributed by atoms with Gasteiger partial charge < -0.3 is 10.1 Å².